The molecular formula is C11H22N2O. The van der Waals surface area contributed by atoms with Gasteiger partial charge >= 0.3 is 0 Å². The molecule has 3 nitrogen and oxygen atoms in total. The predicted molar refractivity (Wildman–Crippen MR) is 57.4 cm³/mol. The van der Waals surface area contributed by atoms with Crippen molar-refractivity contribution in [3.05, 3.63) is 0 Å². The molecule has 0 aromatic rings. The third kappa shape index (κ3) is 2.94. The Labute approximate surface area is 86.8 Å². The van der Waals surface area contributed by atoms with Crippen molar-refractivity contribution in [1.82, 2.24) is 10.2 Å². The monoisotopic (exact) mass is 198 g/mol. The molecule has 0 radical (unpaired) electrons. The zero-order chi connectivity index (χ0) is 9.80. The molecular weight excluding hydrogens is 176 g/mol. The lowest BCUT2D eigenvalue weighted by molar-refractivity contribution is 0.0539. The number of nitrogens with zero attached hydrogens (tertiary/aromatic N) is 1. The van der Waals surface area contributed by atoms with Gasteiger partial charge in [-0.15, -0.1) is 0 Å². The minimum atomic E-state index is 0.724. The number of ether oxygens (including phenoxy) is 1. The molecule has 0 spiro atoms. The van der Waals surface area contributed by atoms with Crippen LogP contribution < -0.4 is 5.32 Å². The molecule has 2 fully saturated rings. The highest BCUT2D eigenvalue weighted by Crippen LogP contribution is 2.13. The van der Waals surface area contributed by atoms with Crippen molar-refractivity contribution < 1.29 is 4.74 Å². The van der Waals surface area contributed by atoms with Crippen molar-refractivity contribution in [3.8, 4) is 0 Å². The van der Waals surface area contributed by atoms with E-state index in [9.17, 15) is 0 Å². The van der Waals surface area contributed by atoms with E-state index in [0.717, 1.165) is 31.7 Å². The van der Waals surface area contributed by atoms with Crippen molar-refractivity contribution >= 4 is 0 Å². The highest BCUT2D eigenvalue weighted by atomic mass is 16.5. The topological polar surface area (TPSA) is 24.5 Å². The molecule has 0 aliphatic carbocycles. The minimum absolute atomic E-state index is 0.724. The van der Waals surface area contributed by atoms with E-state index in [0.29, 0.717) is 0 Å². The van der Waals surface area contributed by atoms with Crippen LogP contribution in [0.4, 0.5) is 0 Å². The molecule has 2 saturated heterocycles. The lowest BCUT2D eigenvalue weighted by Crippen LogP contribution is -2.37. The molecule has 2 aliphatic heterocycles. The Morgan fingerprint density at radius 1 is 1.43 bits per heavy atom. The lowest BCUT2D eigenvalue weighted by Gasteiger charge is -2.24. The molecule has 0 bridgehead atoms. The number of hydrogen-bond donors (Lipinski definition) is 1. The third-order valence-electron chi connectivity index (χ3n) is 3.34. The molecule has 0 saturated carbocycles. The van der Waals surface area contributed by atoms with Crippen molar-refractivity contribution in [1.29, 1.82) is 0 Å². The molecule has 2 atom stereocenters. The maximum Gasteiger partial charge on any atom is 0.0506 e. The zero-order valence-corrected chi connectivity index (χ0v) is 9.17. The van der Waals surface area contributed by atoms with Gasteiger partial charge in [0, 0.05) is 25.7 Å². The number of likely N-dealkylation sites (tertiary alicyclic amines) is 1. The second-order valence-corrected chi connectivity index (χ2v) is 4.74. The normalized spacial score (nSPS) is 34.9. The third-order valence-corrected chi connectivity index (χ3v) is 3.34. The van der Waals surface area contributed by atoms with Gasteiger partial charge in [0.05, 0.1) is 6.61 Å². The number of nitrogens with one attached hydrogen (secondary N) is 1. The van der Waals surface area contributed by atoms with E-state index in [-0.39, 0.29) is 0 Å². The second kappa shape index (κ2) is 5.10. The number of likely N-dealkylation sites (N-methyl/N-ethyl adjacent to an activating group) is 1. The van der Waals surface area contributed by atoms with Gasteiger partial charge in [0.25, 0.3) is 0 Å². The maximum absolute atomic E-state index is 5.47. The largest absolute Gasteiger partial charge is 0.381 e. The average Bonchev–Trinajstić information content (AvgIpc) is 2.63. The van der Waals surface area contributed by atoms with E-state index in [4.69, 9.17) is 4.74 Å². The van der Waals surface area contributed by atoms with Crippen LogP contribution in [0.25, 0.3) is 0 Å². The van der Waals surface area contributed by atoms with Gasteiger partial charge < -0.3 is 15.0 Å². The van der Waals surface area contributed by atoms with Crippen molar-refractivity contribution in [2.24, 2.45) is 5.92 Å². The quantitative estimate of drug-likeness (QED) is 0.723. The standard InChI is InChI=1S/C11H22N2O/c1-13-5-4-11(8-13)12-7-10-3-2-6-14-9-10/h10-12H,2-9H2,1H3. The molecule has 0 aromatic heterocycles. The summed E-state index contributed by atoms with van der Waals surface area (Å²) in [6.45, 7) is 5.56. The first-order valence-electron chi connectivity index (χ1n) is 5.84. The fraction of sp³-hybridized carbons (Fsp3) is 1.00. The summed E-state index contributed by atoms with van der Waals surface area (Å²) < 4.78 is 5.47. The Morgan fingerprint density at radius 3 is 3.00 bits per heavy atom. The van der Waals surface area contributed by atoms with Crippen molar-refractivity contribution in [2.75, 3.05) is 39.9 Å². The molecule has 3 heteroatoms. The van der Waals surface area contributed by atoms with Gasteiger partial charge in [0.15, 0.2) is 0 Å². The van der Waals surface area contributed by atoms with Gasteiger partial charge in [-0.05, 0) is 38.8 Å². The fourth-order valence-electron chi connectivity index (χ4n) is 2.40. The molecule has 1 N–H and O–H groups in total. The molecule has 0 amide bonds. The number of hydrogen-bond acceptors (Lipinski definition) is 3. The van der Waals surface area contributed by atoms with Crippen LogP contribution in [0.1, 0.15) is 19.3 Å². The van der Waals surface area contributed by atoms with Crippen LogP contribution in [0, 0.1) is 5.92 Å². The Morgan fingerprint density at radius 2 is 2.36 bits per heavy atom. The van der Waals surface area contributed by atoms with Crippen LogP contribution in [0.5, 0.6) is 0 Å². The molecule has 2 unspecified atom stereocenters. The van der Waals surface area contributed by atoms with Gasteiger partial charge in [-0.2, -0.15) is 0 Å². The molecule has 2 rings (SSSR count). The average molecular weight is 198 g/mol. The Kier molecular flexibility index (Phi) is 3.79. The first kappa shape index (κ1) is 10.4. The van der Waals surface area contributed by atoms with Crippen molar-refractivity contribution in [3.63, 3.8) is 0 Å². The fourth-order valence-corrected chi connectivity index (χ4v) is 2.40. The zero-order valence-electron chi connectivity index (χ0n) is 9.17. The minimum Gasteiger partial charge on any atom is -0.381 e. The molecule has 82 valence electrons. The summed E-state index contributed by atoms with van der Waals surface area (Å²) >= 11 is 0. The maximum atomic E-state index is 5.47. The summed E-state index contributed by atoms with van der Waals surface area (Å²) in [4.78, 5) is 2.40. The first-order valence-corrected chi connectivity index (χ1v) is 5.84. The van der Waals surface area contributed by atoms with Crippen LogP contribution >= 0.6 is 0 Å². The Balaban J connectivity index is 1.61. The molecule has 2 heterocycles. The second-order valence-electron chi connectivity index (χ2n) is 4.74. The molecule has 14 heavy (non-hydrogen) atoms. The summed E-state index contributed by atoms with van der Waals surface area (Å²) in [5.41, 5.74) is 0. The summed E-state index contributed by atoms with van der Waals surface area (Å²) in [7, 11) is 2.20. The van der Waals surface area contributed by atoms with Gasteiger partial charge in [-0.3, -0.25) is 0 Å². The highest BCUT2D eigenvalue weighted by molar-refractivity contribution is 4.80. The van der Waals surface area contributed by atoms with E-state index in [2.05, 4.69) is 17.3 Å². The van der Waals surface area contributed by atoms with E-state index in [1.165, 1.54) is 32.4 Å². The summed E-state index contributed by atoms with van der Waals surface area (Å²) in [6, 6.07) is 0.724. The smallest absolute Gasteiger partial charge is 0.0506 e. The van der Waals surface area contributed by atoms with E-state index >= 15 is 0 Å². The van der Waals surface area contributed by atoms with E-state index < -0.39 is 0 Å². The van der Waals surface area contributed by atoms with E-state index in [1.54, 1.807) is 0 Å². The lowest BCUT2D eigenvalue weighted by atomic mass is 10.0. The van der Waals surface area contributed by atoms with Gasteiger partial charge in [-0.25, -0.2) is 0 Å². The van der Waals surface area contributed by atoms with E-state index in [1.807, 2.05) is 0 Å². The predicted octanol–water partition coefficient (Wildman–Crippen LogP) is 0.707. The summed E-state index contributed by atoms with van der Waals surface area (Å²) in [5, 5.41) is 3.66. The van der Waals surface area contributed by atoms with Crippen LogP contribution in [0.15, 0.2) is 0 Å². The van der Waals surface area contributed by atoms with Crippen LogP contribution in [-0.2, 0) is 4.74 Å². The molecule has 0 aromatic carbocycles. The van der Waals surface area contributed by atoms with Crippen LogP contribution in [0.3, 0.4) is 0 Å². The summed E-state index contributed by atoms with van der Waals surface area (Å²) in [5.74, 6) is 0.759. The highest BCUT2D eigenvalue weighted by Gasteiger charge is 2.20. The van der Waals surface area contributed by atoms with Crippen LogP contribution in [-0.4, -0.2) is 50.8 Å². The van der Waals surface area contributed by atoms with Gasteiger partial charge in [-0.1, -0.05) is 0 Å². The number of rotatable bonds is 3. The first-order chi connectivity index (χ1) is 6.84. The summed E-state index contributed by atoms with van der Waals surface area (Å²) in [6.07, 6.45) is 3.90. The Hall–Kier alpha value is -0.120. The molecule has 2 aliphatic rings. The van der Waals surface area contributed by atoms with Gasteiger partial charge in [0.2, 0.25) is 0 Å². The Bertz CT molecular complexity index is 164. The van der Waals surface area contributed by atoms with Crippen molar-refractivity contribution in [2.45, 2.75) is 25.3 Å². The van der Waals surface area contributed by atoms with Crippen LogP contribution in [0.2, 0.25) is 0 Å². The van der Waals surface area contributed by atoms with Gasteiger partial charge in [0.1, 0.15) is 0 Å². The SMILES string of the molecule is CN1CCC(NCC2CCCOC2)C1.